The third-order valence-electron chi connectivity index (χ3n) is 11.9. The lowest BCUT2D eigenvalue weighted by molar-refractivity contribution is -0.312. The molecule has 2 unspecified atom stereocenters. The maximum absolute atomic E-state index is 12.2. The molecule has 0 aromatic heterocycles. The number of phenols is 1. The average molecular weight is 468 g/mol. The van der Waals surface area contributed by atoms with Gasteiger partial charge in [-0.25, -0.2) is 0 Å². The van der Waals surface area contributed by atoms with Gasteiger partial charge < -0.3 is 19.7 Å². The van der Waals surface area contributed by atoms with Crippen LogP contribution in [0.5, 0.6) is 11.5 Å². The summed E-state index contributed by atoms with van der Waals surface area (Å²) in [5.41, 5.74) is 0.783. The molecular formula is C29H41NO4. The number of aromatic hydroxyl groups is 1. The van der Waals surface area contributed by atoms with Gasteiger partial charge in [0.25, 0.3) is 0 Å². The quantitative estimate of drug-likeness (QED) is 0.687. The number of ether oxygens (including phenoxy) is 2. The van der Waals surface area contributed by atoms with Gasteiger partial charge in [0.05, 0.1) is 5.60 Å². The van der Waals surface area contributed by atoms with Crippen LogP contribution in [0, 0.1) is 22.7 Å². The molecule has 2 spiro atoms. The van der Waals surface area contributed by atoms with Crippen molar-refractivity contribution in [3.8, 4) is 11.5 Å². The Labute approximate surface area is 203 Å². The molecule has 2 heterocycles. The van der Waals surface area contributed by atoms with Gasteiger partial charge in [-0.15, -0.1) is 0 Å². The van der Waals surface area contributed by atoms with Crippen LogP contribution >= 0.6 is 0 Å². The zero-order chi connectivity index (χ0) is 23.9. The molecule has 5 heteroatoms. The lowest BCUT2D eigenvalue weighted by atomic mass is 9.33. The number of benzene rings is 1. The fourth-order valence-electron chi connectivity index (χ4n) is 9.58. The summed E-state index contributed by atoms with van der Waals surface area (Å²) < 4.78 is 13.5. The maximum atomic E-state index is 12.2. The Kier molecular flexibility index (Phi) is 4.08. The van der Waals surface area contributed by atoms with E-state index in [-0.39, 0.29) is 34.0 Å². The van der Waals surface area contributed by atoms with Gasteiger partial charge in [-0.05, 0) is 81.4 Å². The van der Waals surface area contributed by atoms with Gasteiger partial charge in [0.2, 0.25) is 0 Å². The zero-order valence-corrected chi connectivity index (χ0v) is 21.5. The maximum Gasteiger partial charge on any atom is 0.165 e. The number of nitrogens with zero attached hydrogens (tertiary/aromatic N) is 1. The normalized spacial score (nSPS) is 43.9. The number of phenolic OH excluding ortho intramolecular Hbond substituents is 1. The summed E-state index contributed by atoms with van der Waals surface area (Å²) >= 11 is 0. The zero-order valence-electron chi connectivity index (χ0n) is 21.5. The van der Waals surface area contributed by atoms with E-state index in [4.69, 9.17) is 9.47 Å². The molecule has 1 aromatic carbocycles. The molecule has 7 aliphatic rings. The highest BCUT2D eigenvalue weighted by molar-refractivity contribution is 5.63. The van der Waals surface area contributed by atoms with Crippen molar-refractivity contribution in [2.24, 2.45) is 22.7 Å². The van der Waals surface area contributed by atoms with E-state index in [0.717, 1.165) is 44.6 Å². The van der Waals surface area contributed by atoms with E-state index in [9.17, 15) is 10.2 Å². The second-order valence-corrected chi connectivity index (χ2v) is 13.8. The van der Waals surface area contributed by atoms with E-state index in [1.165, 1.54) is 30.5 Å². The highest BCUT2D eigenvalue weighted by Gasteiger charge is 2.82. The first kappa shape index (κ1) is 21.9. The fourth-order valence-corrected chi connectivity index (χ4v) is 9.58. The Hall–Kier alpha value is -1.30. The molecule has 34 heavy (non-hydrogen) atoms. The Bertz CT molecular complexity index is 1060. The molecule has 0 amide bonds. The number of hydrogen-bond donors (Lipinski definition) is 2. The fraction of sp³-hybridized carbons (Fsp3) is 0.793. The monoisotopic (exact) mass is 467 g/mol. The van der Waals surface area contributed by atoms with Crippen LogP contribution in [0.15, 0.2) is 12.1 Å². The minimum absolute atomic E-state index is 0.0294. The number of methoxy groups -OCH3 is 1. The third kappa shape index (κ3) is 2.25. The van der Waals surface area contributed by atoms with Crippen LogP contribution < -0.4 is 4.74 Å². The van der Waals surface area contributed by atoms with Gasteiger partial charge >= 0.3 is 0 Å². The lowest BCUT2D eigenvalue weighted by Crippen LogP contribution is -2.83. The average Bonchev–Trinajstić information content (AvgIpc) is 3.53. The number of hydrogen-bond acceptors (Lipinski definition) is 5. The first-order valence-corrected chi connectivity index (χ1v) is 13.6. The summed E-state index contributed by atoms with van der Waals surface area (Å²) in [7, 11) is 1.83. The van der Waals surface area contributed by atoms with Crippen molar-refractivity contribution in [3.63, 3.8) is 0 Å². The second-order valence-electron chi connectivity index (χ2n) is 13.8. The molecule has 7 atom stereocenters. The van der Waals surface area contributed by atoms with Crippen LogP contribution in [-0.2, 0) is 16.6 Å². The van der Waals surface area contributed by atoms with Crippen LogP contribution in [0.4, 0.5) is 0 Å². The molecule has 4 saturated carbocycles. The summed E-state index contributed by atoms with van der Waals surface area (Å²) in [4.78, 5) is 2.82. The smallest absolute Gasteiger partial charge is 0.165 e. The summed E-state index contributed by atoms with van der Waals surface area (Å²) in [6.07, 6.45) is 7.64. The Morgan fingerprint density at radius 1 is 1.15 bits per heavy atom. The van der Waals surface area contributed by atoms with Crippen molar-refractivity contribution in [2.75, 3.05) is 20.2 Å². The largest absolute Gasteiger partial charge is 0.504 e. The first-order chi connectivity index (χ1) is 16.0. The minimum atomic E-state index is -0.909. The van der Waals surface area contributed by atoms with E-state index >= 15 is 0 Å². The molecule has 8 rings (SSSR count). The first-order valence-electron chi connectivity index (χ1n) is 13.6. The Morgan fingerprint density at radius 3 is 2.59 bits per heavy atom. The van der Waals surface area contributed by atoms with Crippen molar-refractivity contribution in [1.82, 2.24) is 4.90 Å². The molecule has 5 nitrogen and oxygen atoms in total. The van der Waals surface area contributed by atoms with Crippen LogP contribution in [0.3, 0.4) is 0 Å². The van der Waals surface area contributed by atoms with Crippen molar-refractivity contribution in [3.05, 3.63) is 23.3 Å². The van der Waals surface area contributed by atoms with Gasteiger partial charge in [-0.2, -0.15) is 0 Å². The highest BCUT2D eigenvalue weighted by Crippen LogP contribution is 2.78. The van der Waals surface area contributed by atoms with E-state index in [0.29, 0.717) is 11.8 Å². The highest BCUT2D eigenvalue weighted by atomic mass is 16.6. The molecule has 2 aliphatic heterocycles. The SMILES string of the molecule is COC12CC[C@@]3(C[C@@H]1C(C)(O)C(C)(C)C)[C@H]1Cc4ccc(O)c5c4[C@@]3(CCN1CC1CC1)[C@H]2O5. The summed E-state index contributed by atoms with van der Waals surface area (Å²) in [6.45, 7) is 10.8. The van der Waals surface area contributed by atoms with E-state index < -0.39 is 11.2 Å². The molecule has 4 bridgehead atoms. The number of likely N-dealkylation sites (tertiary alicyclic amines) is 1. The van der Waals surface area contributed by atoms with Gasteiger partial charge in [0, 0.05) is 42.0 Å². The van der Waals surface area contributed by atoms with E-state index in [1.807, 2.05) is 20.1 Å². The number of fused-ring (bicyclic) bond motifs is 2. The molecule has 1 saturated heterocycles. The van der Waals surface area contributed by atoms with Crippen LogP contribution in [0.1, 0.15) is 77.3 Å². The van der Waals surface area contributed by atoms with Crippen LogP contribution in [0.25, 0.3) is 0 Å². The molecule has 1 aromatic rings. The molecule has 5 aliphatic carbocycles. The summed E-state index contributed by atoms with van der Waals surface area (Å²) in [5.74, 6) is 1.80. The summed E-state index contributed by atoms with van der Waals surface area (Å²) in [5, 5.41) is 23.2. The molecule has 2 N–H and O–H groups in total. The molecular weight excluding hydrogens is 426 g/mol. The minimum Gasteiger partial charge on any atom is -0.504 e. The van der Waals surface area contributed by atoms with Crippen molar-refractivity contribution >= 4 is 0 Å². The summed E-state index contributed by atoms with van der Waals surface area (Å²) in [6, 6.07) is 4.46. The van der Waals surface area contributed by atoms with Gasteiger partial charge in [0.1, 0.15) is 11.7 Å². The lowest BCUT2D eigenvalue weighted by Gasteiger charge is -2.75. The number of rotatable bonds is 4. The molecule has 5 fully saturated rings. The predicted octanol–water partition coefficient (Wildman–Crippen LogP) is 4.41. The number of aliphatic hydroxyl groups is 1. The van der Waals surface area contributed by atoms with Crippen molar-refractivity contribution in [1.29, 1.82) is 0 Å². The number of piperidine rings is 1. The predicted molar refractivity (Wildman–Crippen MR) is 130 cm³/mol. The molecule has 186 valence electrons. The Morgan fingerprint density at radius 2 is 1.91 bits per heavy atom. The third-order valence-corrected chi connectivity index (χ3v) is 11.9. The van der Waals surface area contributed by atoms with Crippen molar-refractivity contribution in [2.45, 2.75) is 101 Å². The van der Waals surface area contributed by atoms with Crippen LogP contribution in [-0.4, -0.2) is 58.7 Å². The molecule has 0 radical (unpaired) electrons. The van der Waals surface area contributed by atoms with Gasteiger partial charge in [-0.1, -0.05) is 26.8 Å². The van der Waals surface area contributed by atoms with Gasteiger partial charge in [-0.3, -0.25) is 4.90 Å². The Balaban J connectivity index is 1.47. The second kappa shape index (κ2) is 6.33. The van der Waals surface area contributed by atoms with E-state index in [1.54, 1.807) is 0 Å². The van der Waals surface area contributed by atoms with E-state index in [2.05, 4.69) is 31.7 Å². The van der Waals surface area contributed by atoms with Crippen molar-refractivity contribution < 1.29 is 19.7 Å². The van der Waals surface area contributed by atoms with Gasteiger partial charge in [0.15, 0.2) is 11.5 Å². The van der Waals surface area contributed by atoms with Crippen LogP contribution in [0.2, 0.25) is 0 Å². The standard InChI is InChI=1S/C29H41NO4/c1-25(2,3)26(4,32)20-15-27-10-11-29(20,33-5)24-28(27)12-13-30(16-17-6-7-17)21(27)14-18-8-9-19(31)23(34-24)22(18)28/h8-9,17,20-21,24,31-32H,6-7,10-16H2,1-5H3/t20-,21-,24-,26?,27-,28+,29?/m1/s1. The topological polar surface area (TPSA) is 62.2 Å².